The first kappa shape index (κ1) is 8.99. The van der Waals surface area contributed by atoms with Crippen LogP contribution in [0.25, 0.3) is 0 Å². The number of hydrogen-bond acceptors (Lipinski definition) is 1. The van der Waals surface area contributed by atoms with Crippen LogP contribution in [0.4, 0.5) is 5.69 Å². The average molecular weight is 345 g/mol. The standard InChI is InChI=1S/C7H8N.2CH3.Bi/c1-6-2-4-7(8)5-3-6;;;/h2-5H,1,8H2;2*1H3;. The quantitative estimate of drug-likeness (QED) is 0.645. The van der Waals surface area contributed by atoms with Gasteiger partial charge in [0.25, 0.3) is 0 Å². The predicted molar refractivity (Wildman–Crippen MR) is 52.0 cm³/mol. The molecule has 0 saturated carbocycles. The second-order valence-electron chi connectivity index (χ2n) is 2.98. The van der Waals surface area contributed by atoms with Gasteiger partial charge in [0.05, 0.1) is 0 Å². The molecular weight excluding hydrogens is 331 g/mol. The summed E-state index contributed by atoms with van der Waals surface area (Å²) in [5.41, 5.74) is 7.90. The summed E-state index contributed by atoms with van der Waals surface area (Å²) in [4.78, 5) is 0. The summed E-state index contributed by atoms with van der Waals surface area (Å²) in [6.45, 7) is 0. The van der Waals surface area contributed by atoms with Gasteiger partial charge in [0.15, 0.2) is 0 Å². The van der Waals surface area contributed by atoms with E-state index in [-0.39, 0.29) is 0 Å². The van der Waals surface area contributed by atoms with E-state index >= 15 is 0 Å². The van der Waals surface area contributed by atoms with Crippen molar-refractivity contribution in [2.24, 2.45) is 0 Å². The maximum absolute atomic E-state index is 5.57. The first-order chi connectivity index (χ1) is 5.18. The average Bonchev–Trinajstić information content (AvgIpc) is 1.93. The van der Waals surface area contributed by atoms with E-state index < -0.39 is 21.8 Å². The molecule has 2 heteroatoms. The molecule has 0 saturated heterocycles. The van der Waals surface area contributed by atoms with E-state index in [9.17, 15) is 0 Å². The van der Waals surface area contributed by atoms with Gasteiger partial charge in [-0.15, -0.1) is 0 Å². The SMILES string of the molecule is [CH3][Bi]([CH3])[CH2]c1ccc(N)cc1. The number of nitrogen functional groups attached to an aromatic ring is 1. The number of nitrogens with two attached hydrogens (primary N) is 1. The van der Waals surface area contributed by atoms with Crippen molar-refractivity contribution in [1.82, 2.24) is 0 Å². The molecule has 0 spiro atoms. The van der Waals surface area contributed by atoms with Crippen LogP contribution < -0.4 is 5.73 Å². The van der Waals surface area contributed by atoms with Crippen molar-refractivity contribution >= 4 is 27.4 Å². The van der Waals surface area contributed by atoms with Gasteiger partial charge in [-0.3, -0.25) is 0 Å². The van der Waals surface area contributed by atoms with Crippen LogP contribution >= 0.6 is 0 Å². The van der Waals surface area contributed by atoms with Gasteiger partial charge in [0.2, 0.25) is 0 Å². The Morgan fingerprint density at radius 3 is 2.18 bits per heavy atom. The molecule has 60 valence electrons. The second kappa shape index (κ2) is 4.06. The molecule has 1 aromatic rings. The van der Waals surface area contributed by atoms with E-state index in [1.807, 2.05) is 12.1 Å². The Balaban J connectivity index is 2.66. The molecule has 0 bridgehead atoms. The van der Waals surface area contributed by atoms with E-state index in [1.165, 1.54) is 9.69 Å². The maximum atomic E-state index is 5.57. The van der Waals surface area contributed by atoms with E-state index in [0.717, 1.165) is 5.69 Å². The van der Waals surface area contributed by atoms with Crippen LogP contribution in [-0.4, -0.2) is 21.8 Å². The molecule has 0 aliphatic carbocycles. The first-order valence-electron chi connectivity index (χ1n) is 3.67. The molecule has 0 heterocycles. The van der Waals surface area contributed by atoms with Crippen LogP contribution in [0.1, 0.15) is 5.56 Å². The van der Waals surface area contributed by atoms with Crippen molar-refractivity contribution < 1.29 is 0 Å². The number of rotatable bonds is 2. The fourth-order valence-corrected chi connectivity index (χ4v) is 4.65. The summed E-state index contributed by atoms with van der Waals surface area (Å²) in [7, 11) is 0. The molecule has 0 aliphatic heterocycles. The molecule has 1 rings (SSSR count). The van der Waals surface area contributed by atoms with Crippen molar-refractivity contribution in [3.8, 4) is 0 Å². The Bertz CT molecular complexity index is 216. The van der Waals surface area contributed by atoms with E-state index in [0.29, 0.717) is 0 Å². The zero-order valence-corrected chi connectivity index (χ0v) is 10.5. The van der Waals surface area contributed by atoms with Gasteiger partial charge < -0.3 is 0 Å². The Morgan fingerprint density at radius 1 is 1.18 bits per heavy atom. The Kier molecular flexibility index (Phi) is 3.32. The summed E-state index contributed by atoms with van der Waals surface area (Å²) in [5.74, 6) is 0. The zero-order valence-electron chi connectivity index (χ0n) is 7.04. The van der Waals surface area contributed by atoms with Crippen molar-refractivity contribution in [3.05, 3.63) is 29.8 Å². The van der Waals surface area contributed by atoms with Crippen LogP contribution in [0.5, 0.6) is 0 Å². The Hall–Kier alpha value is -0.0969. The molecule has 1 aromatic carbocycles. The van der Waals surface area contributed by atoms with Gasteiger partial charge in [-0.25, -0.2) is 0 Å². The summed E-state index contributed by atoms with van der Waals surface area (Å²) in [6, 6.07) is 8.26. The van der Waals surface area contributed by atoms with Crippen LogP contribution in [0, 0.1) is 0 Å². The van der Waals surface area contributed by atoms with Gasteiger partial charge in [0, 0.05) is 0 Å². The zero-order chi connectivity index (χ0) is 8.27. The summed E-state index contributed by atoms with van der Waals surface area (Å²) < 4.78 is 6.19. The minimum atomic E-state index is -1.00. The predicted octanol–water partition coefficient (Wildman–Crippen LogP) is 2.10. The number of hydrogen-bond donors (Lipinski definition) is 1. The molecule has 11 heavy (non-hydrogen) atoms. The van der Waals surface area contributed by atoms with Gasteiger partial charge in [0.1, 0.15) is 0 Å². The molecule has 2 N–H and O–H groups in total. The van der Waals surface area contributed by atoms with Gasteiger partial charge in [-0.2, -0.15) is 0 Å². The van der Waals surface area contributed by atoms with E-state index in [2.05, 4.69) is 21.4 Å². The summed E-state index contributed by atoms with van der Waals surface area (Å²) >= 11 is -1.00. The van der Waals surface area contributed by atoms with E-state index in [1.54, 1.807) is 0 Å². The fourth-order valence-electron chi connectivity index (χ4n) is 0.988. The first-order valence-corrected chi connectivity index (χ1v) is 13.1. The molecular formula is C9H14BiN. The normalized spacial score (nSPS) is 10.5. The van der Waals surface area contributed by atoms with Gasteiger partial charge in [-0.05, 0) is 0 Å². The molecule has 0 aromatic heterocycles. The van der Waals surface area contributed by atoms with Gasteiger partial charge in [-0.1, -0.05) is 0 Å². The third-order valence-electron chi connectivity index (χ3n) is 1.48. The third-order valence-corrected chi connectivity index (χ3v) is 5.36. The summed E-state index contributed by atoms with van der Waals surface area (Å²) in [5, 5.41) is 0. The molecule has 0 atom stereocenters. The molecule has 1 nitrogen and oxygen atoms in total. The second-order valence-corrected chi connectivity index (χ2v) is 12.6. The molecule has 0 fully saturated rings. The molecule has 0 unspecified atom stereocenters. The monoisotopic (exact) mass is 345 g/mol. The summed E-state index contributed by atoms with van der Waals surface area (Å²) in [6.07, 6.45) is 0. The van der Waals surface area contributed by atoms with Crippen LogP contribution in [-0.2, 0) is 4.13 Å². The van der Waals surface area contributed by atoms with Crippen LogP contribution in [0.2, 0.25) is 9.26 Å². The van der Waals surface area contributed by atoms with Crippen molar-refractivity contribution in [2.45, 2.75) is 13.4 Å². The molecule has 0 radical (unpaired) electrons. The number of benzene rings is 1. The minimum absolute atomic E-state index is 0.868. The topological polar surface area (TPSA) is 26.0 Å². The fraction of sp³-hybridized carbons (Fsp3) is 0.333. The van der Waals surface area contributed by atoms with Crippen LogP contribution in [0.3, 0.4) is 0 Å². The van der Waals surface area contributed by atoms with Gasteiger partial charge >= 0.3 is 76.4 Å². The van der Waals surface area contributed by atoms with Crippen molar-refractivity contribution in [1.29, 1.82) is 0 Å². The third kappa shape index (κ3) is 3.20. The molecule has 0 amide bonds. The van der Waals surface area contributed by atoms with Crippen molar-refractivity contribution in [3.63, 3.8) is 0 Å². The Labute approximate surface area is 76.3 Å². The van der Waals surface area contributed by atoms with E-state index in [4.69, 9.17) is 5.73 Å². The van der Waals surface area contributed by atoms with Crippen molar-refractivity contribution in [2.75, 3.05) is 5.73 Å². The number of anilines is 1. The molecule has 0 aliphatic rings. The van der Waals surface area contributed by atoms with Crippen LogP contribution in [0.15, 0.2) is 24.3 Å². The Morgan fingerprint density at radius 2 is 1.73 bits per heavy atom.